The molecule has 0 bridgehead atoms. The van der Waals surface area contributed by atoms with Crippen LogP contribution in [0.4, 0.5) is 0 Å². The molecule has 2 rings (SSSR count). The number of hydrogen-bond acceptors (Lipinski definition) is 2. The van der Waals surface area contributed by atoms with E-state index in [2.05, 4.69) is 51.2 Å². The topological polar surface area (TPSA) is 29.1 Å². The largest absolute Gasteiger partial charge is 0.352 e. The Morgan fingerprint density at radius 3 is 2.76 bits per heavy atom. The Balaban J connectivity index is 1.84. The summed E-state index contributed by atoms with van der Waals surface area (Å²) in [5.74, 6) is 2.00. The first-order valence-electron chi connectivity index (χ1n) is 7.97. The summed E-state index contributed by atoms with van der Waals surface area (Å²) in [6.07, 6.45) is 3.66. The van der Waals surface area contributed by atoms with Crippen molar-refractivity contribution in [2.75, 3.05) is 5.75 Å². The number of thioether (sulfide) groups is 1. The third-order valence-corrected chi connectivity index (χ3v) is 5.92. The lowest BCUT2D eigenvalue weighted by Gasteiger charge is -2.34. The highest BCUT2D eigenvalue weighted by Crippen LogP contribution is 2.29. The molecule has 3 heteroatoms. The van der Waals surface area contributed by atoms with E-state index < -0.39 is 0 Å². The molecule has 1 aromatic rings. The van der Waals surface area contributed by atoms with Crippen LogP contribution in [0.3, 0.4) is 0 Å². The molecule has 0 saturated heterocycles. The van der Waals surface area contributed by atoms with Gasteiger partial charge in [0.2, 0.25) is 5.91 Å². The molecule has 0 unspecified atom stereocenters. The van der Waals surface area contributed by atoms with Crippen LogP contribution in [0.25, 0.3) is 0 Å². The van der Waals surface area contributed by atoms with Gasteiger partial charge in [-0.1, -0.05) is 44.4 Å². The second-order valence-corrected chi connectivity index (χ2v) is 7.52. The summed E-state index contributed by atoms with van der Waals surface area (Å²) in [7, 11) is 0. The summed E-state index contributed by atoms with van der Waals surface area (Å²) < 4.78 is 0. The fraction of sp³-hybridized carbons (Fsp3) is 0.611. The smallest absolute Gasteiger partial charge is 0.230 e. The zero-order chi connectivity index (χ0) is 15.4. The van der Waals surface area contributed by atoms with E-state index in [0.29, 0.717) is 17.7 Å². The van der Waals surface area contributed by atoms with Gasteiger partial charge >= 0.3 is 0 Å². The van der Waals surface area contributed by atoms with Crippen molar-refractivity contribution in [2.24, 2.45) is 11.8 Å². The van der Waals surface area contributed by atoms with E-state index in [4.69, 9.17) is 0 Å². The van der Waals surface area contributed by atoms with E-state index in [1.54, 1.807) is 11.8 Å². The third-order valence-electron chi connectivity index (χ3n) is 4.74. The maximum Gasteiger partial charge on any atom is 0.230 e. The molecule has 1 saturated carbocycles. The molecule has 2 nitrogen and oxygen atoms in total. The van der Waals surface area contributed by atoms with Gasteiger partial charge in [0.1, 0.15) is 0 Å². The van der Waals surface area contributed by atoms with Gasteiger partial charge in [-0.05, 0) is 43.7 Å². The molecule has 1 aliphatic rings. The fourth-order valence-electron chi connectivity index (χ4n) is 3.14. The minimum absolute atomic E-state index is 0.172. The fourth-order valence-corrected chi connectivity index (χ4v) is 3.96. The van der Waals surface area contributed by atoms with Crippen LogP contribution < -0.4 is 5.32 Å². The zero-order valence-electron chi connectivity index (χ0n) is 13.6. The average molecular weight is 305 g/mol. The average Bonchev–Trinajstić information content (AvgIpc) is 2.43. The normalized spacial score (nSPS) is 25.6. The van der Waals surface area contributed by atoms with Gasteiger partial charge in [0.15, 0.2) is 0 Å². The number of rotatable bonds is 4. The van der Waals surface area contributed by atoms with Crippen LogP contribution >= 0.6 is 11.8 Å². The van der Waals surface area contributed by atoms with Crippen LogP contribution in [0.1, 0.15) is 44.2 Å². The summed E-state index contributed by atoms with van der Waals surface area (Å²) in [5, 5.41) is 3.24. The highest BCUT2D eigenvalue weighted by molar-refractivity contribution is 8.00. The van der Waals surface area contributed by atoms with E-state index in [1.165, 1.54) is 28.9 Å². The highest BCUT2D eigenvalue weighted by atomic mass is 32.2. The first-order chi connectivity index (χ1) is 9.97. The number of hydrogen-bond donors (Lipinski definition) is 1. The summed E-state index contributed by atoms with van der Waals surface area (Å²) in [5.41, 5.74) is 2.53. The minimum Gasteiger partial charge on any atom is -0.352 e. The minimum atomic E-state index is 0.172. The van der Waals surface area contributed by atoms with Gasteiger partial charge in [0.25, 0.3) is 0 Å². The number of benzene rings is 1. The number of nitrogens with one attached hydrogen (secondary N) is 1. The van der Waals surface area contributed by atoms with Crippen LogP contribution in [-0.2, 0) is 4.79 Å². The van der Waals surface area contributed by atoms with Crippen molar-refractivity contribution in [1.29, 1.82) is 0 Å². The van der Waals surface area contributed by atoms with Crippen molar-refractivity contribution >= 4 is 17.7 Å². The van der Waals surface area contributed by atoms with Gasteiger partial charge in [-0.2, -0.15) is 0 Å². The summed E-state index contributed by atoms with van der Waals surface area (Å²) in [6, 6.07) is 6.76. The van der Waals surface area contributed by atoms with Crippen LogP contribution in [0.2, 0.25) is 0 Å². The predicted molar refractivity (Wildman–Crippen MR) is 90.7 cm³/mol. The molecule has 116 valence electrons. The third kappa shape index (κ3) is 4.50. The Morgan fingerprint density at radius 1 is 1.29 bits per heavy atom. The Kier molecular flexibility index (Phi) is 5.74. The molecule has 1 aromatic carbocycles. The van der Waals surface area contributed by atoms with E-state index in [0.717, 1.165) is 12.3 Å². The molecule has 0 aliphatic heterocycles. The quantitative estimate of drug-likeness (QED) is 0.839. The Bertz CT molecular complexity index is 500. The van der Waals surface area contributed by atoms with Crippen LogP contribution in [0, 0.1) is 25.7 Å². The molecular weight excluding hydrogens is 278 g/mol. The second-order valence-electron chi connectivity index (χ2n) is 6.50. The van der Waals surface area contributed by atoms with Gasteiger partial charge in [0, 0.05) is 10.9 Å². The maximum absolute atomic E-state index is 12.2. The van der Waals surface area contributed by atoms with E-state index in [9.17, 15) is 4.79 Å². The van der Waals surface area contributed by atoms with Crippen molar-refractivity contribution in [3.05, 3.63) is 29.3 Å². The molecule has 1 N–H and O–H groups in total. The first kappa shape index (κ1) is 16.4. The highest BCUT2D eigenvalue weighted by Gasteiger charge is 2.27. The maximum atomic E-state index is 12.2. The Labute approximate surface area is 133 Å². The van der Waals surface area contributed by atoms with Gasteiger partial charge < -0.3 is 5.32 Å². The molecule has 1 aliphatic carbocycles. The zero-order valence-corrected chi connectivity index (χ0v) is 14.4. The van der Waals surface area contributed by atoms with Crippen LogP contribution in [0.5, 0.6) is 0 Å². The lowest BCUT2D eigenvalue weighted by Crippen LogP contribution is -2.44. The molecule has 0 radical (unpaired) electrons. The number of carbonyl (C=O) groups is 1. The molecule has 1 amide bonds. The van der Waals surface area contributed by atoms with Crippen LogP contribution in [-0.4, -0.2) is 17.7 Å². The first-order valence-corrected chi connectivity index (χ1v) is 8.95. The van der Waals surface area contributed by atoms with Gasteiger partial charge in [-0.25, -0.2) is 0 Å². The van der Waals surface area contributed by atoms with Crippen molar-refractivity contribution in [2.45, 2.75) is 57.9 Å². The Hall–Kier alpha value is -0.960. The summed E-state index contributed by atoms with van der Waals surface area (Å²) >= 11 is 1.64. The second kappa shape index (κ2) is 7.35. The van der Waals surface area contributed by atoms with Gasteiger partial charge in [0.05, 0.1) is 5.75 Å². The number of aryl methyl sites for hydroxylation is 2. The molecule has 1 fully saturated rings. The molecule has 0 heterocycles. The van der Waals surface area contributed by atoms with E-state index in [-0.39, 0.29) is 5.91 Å². The molecular formula is C18H27NOS. The van der Waals surface area contributed by atoms with E-state index >= 15 is 0 Å². The molecule has 0 aromatic heterocycles. The molecule has 0 spiro atoms. The predicted octanol–water partition coefficient (Wildman–Crippen LogP) is 4.34. The van der Waals surface area contributed by atoms with Crippen molar-refractivity contribution in [3.63, 3.8) is 0 Å². The lowest BCUT2D eigenvalue weighted by molar-refractivity contribution is -0.119. The number of amides is 1. The SMILES string of the molecule is Cc1ccc(SCC(=O)N[C@@H]2CCC[C@@H](C)[C@H]2C)c(C)c1. The summed E-state index contributed by atoms with van der Waals surface area (Å²) in [6.45, 7) is 8.78. The summed E-state index contributed by atoms with van der Waals surface area (Å²) in [4.78, 5) is 13.4. The number of carbonyl (C=O) groups excluding carboxylic acids is 1. The van der Waals surface area contributed by atoms with Crippen LogP contribution in [0.15, 0.2) is 23.1 Å². The van der Waals surface area contributed by atoms with Crippen molar-refractivity contribution in [1.82, 2.24) is 5.32 Å². The van der Waals surface area contributed by atoms with Gasteiger partial charge in [-0.3, -0.25) is 4.79 Å². The molecule has 21 heavy (non-hydrogen) atoms. The lowest BCUT2D eigenvalue weighted by atomic mass is 9.78. The Morgan fingerprint density at radius 2 is 2.05 bits per heavy atom. The van der Waals surface area contributed by atoms with Crippen molar-refractivity contribution in [3.8, 4) is 0 Å². The molecule has 3 atom stereocenters. The van der Waals surface area contributed by atoms with Crippen molar-refractivity contribution < 1.29 is 4.79 Å². The van der Waals surface area contributed by atoms with E-state index in [1.807, 2.05) is 0 Å². The monoisotopic (exact) mass is 305 g/mol. The standard InChI is InChI=1S/C18H27NOS/c1-12-8-9-17(14(3)10-12)21-11-18(20)19-16-7-5-6-13(2)15(16)4/h8-10,13,15-16H,5-7,11H2,1-4H3,(H,19,20)/t13-,15-,16-/m1/s1. The van der Waals surface area contributed by atoms with Gasteiger partial charge in [-0.15, -0.1) is 11.8 Å².